The molecule has 0 aliphatic carbocycles. The molecule has 0 radical (unpaired) electrons. The quantitative estimate of drug-likeness (QED) is 0.723. The molecule has 2 aromatic carbocycles. The van der Waals surface area contributed by atoms with E-state index in [1.54, 1.807) is 30.0 Å². The Kier molecular flexibility index (Phi) is 5.84. The summed E-state index contributed by atoms with van der Waals surface area (Å²) in [4.78, 5) is 14.6. The molecular formula is C20H23BrN2O4S. The summed E-state index contributed by atoms with van der Waals surface area (Å²) < 4.78 is 26.4. The molecule has 28 heavy (non-hydrogen) atoms. The lowest BCUT2D eigenvalue weighted by atomic mass is 9.84. The molecule has 2 N–H and O–H groups in total. The molecule has 1 fully saturated rings. The number of rotatable bonds is 4. The summed E-state index contributed by atoms with van der Waals surface area (Å²) in [6, 6.07) is 12.6. The summed E-state index contributed by atoms with van der Waals surface area (Å²) in [5.41, 5.74) is 1.46. The van der Waals surface area contributed by atoms with Gasteiger partial charge in [-0.15, -0.1) is 0 Å². The number of piperidine rings is 1. The van der Waals surface area contributed by atoms with E-state index < -0.39 is 15.6 Å². The highest BCUT2D eigenvalue weighted by Gasteiger charge is 2.35. The Hall–Kier alpha value is -1.90. The Bertz CT molecular complexity index is 982. The second kappa shape index (κ2) is 7.85. The van der Waals surface area contributed by atoms with Gasteiger partial charge in [0.05, 0.1) is 17.5 Å². The van der Waals surface area contributed by atoms with Crippen LogP contribution < -0.4 is 4.72 Å². The van der Waals surface area contributed by atoms with Gasteiger partial charge in [0.2, 0.25) is 10.0 Å². The maximum absolute atomic E-state index is 12.9. The van der Waals surface area contributed by atoms with Crippen molar-refractivity contribution in [2.24, 2.45) is 0 Å². The molecule has 0 spiro atoms. The molecule has 1 saturated heterocycles. The molecule has 1 aliphatic rings. The zero-order chi connectivity index (χ0) is 20.5. The maximum atomic E-state index is 12.9. The van der Waals surface area contributed by atoms with E-state index in [1.165, 1.54) is 0 Å². The smallest absolute Gasteiger partial charge is 0.253 e. The van der Waals surface area contributed by atoms with Crippen LogP contribution in [0.3, 0.4) is 0 Å². The summed E-state index contributed by atoms with van der Waals surface area (Å²) in [6.07, 6.45) is 1.97. The van der Waals surface area contributed by atoms with Gasteiger partial charge in [0.25, 0.3) is 5.91 Å². The summed E-state index contributed by atoms with van der Waals surface area (Å²) >= 11 is 3.39. The number of aliphatic hydroxyl groups is 1. The fraction of sp³-hybridized carbons (Fsp3) is 0.350. The van der Waals surface area contributed by atoms with Gasteiger partial charge in [-0.1, -0.05) is 34.1 Å². The average Bonchev–Trinajstić information content (AvgIpc) is 2.63. The van der Waals surface area contributed by atoms with Crippen LogP contribution in [0.15, 0.2) is 46.9 Å². The zero-order valence-corrected chi connectivity index (χ0v) is 18.2. The standard InChI is InChI=1S/C20H23BrN2O4S/c1-14-3-4-15(13-18(14)22-28(2,26)27)19(24)23-11-9-20(25,10-12-23)16-5-7-17(21)8-6-16/h3-8,13,22,25H,9-12H2,1-2H3. The second-order valence-electron chi connectivity index (χ2n) is 7.23. The van der Waals surface area contributed by atoms with E-state index in [4.69, 9.17) is 0 Å². The first-order valence-electron chi connectivity index (χ1n) is 8.93. The minimum atomic E-state index is -3.43. The van der Waals surface area contributed by atoms with Gasteiger partial charge in [0.1, 0.15) is 0 Å². The summed E-state index contributed by atoms with van der Waals surface area (Å²) in [7, 11) is -3.43. The van der Waals surface area contributed by atoms with Gasteiger partial charge in [-0.25, -0.2) is 8.42 Å². The number of aryl methyl sites for hydroxylation is 1. The predicted molar refractivity (Wildman–Crippen MR) is 113 cm³/mol. The molecule has 0 atom stereocenters. The lowest BCUT2D eigenvalue weighted by Gasteiger charge is -2.38. The highest BCUT2D eigenvalue weighted by atomic mass is 79.9. The van der Waals surface area contributed by atoms with Crippen molar-refractivity contribution in [3.8, 4) is 0 Å². The molecule has 2 aromatic rings. The van der Waals surface area contributed by atoms with E-state index in [-0.39, 0.29) is 5.91 Å². The van der Waals surface area contributed by atoms with Gasteiger partial charge in [0, 0.05) is 23.1 Å². The van der Waals surface area contributed by atoms with Crippen molar-refractivity contribution in [3.63, 3.8) is 0 Å². The Balaban J connectivity index is 1.73. The van der Waals surface area contributed by atoms with Gasteiger partial charge >= 0.3 is 0 Å². The number of nitrogens with one attached hydrogen (secondary N) is 1. The number of carbonyl (C=O) groups excluding carboxylic acids is 1. The zero-order valence-electron chi connectivity index (χ0n) is 15.8. The molecule has 0 saturated carbocycles. The van der Waals surface area contributed by atoms with Crippen molar-refractivity contribution in [1.82, 2.24) is 4.90 Å². The largest absolute Gasteiger partial charge is 0.385 e. The number of halogens is 1. The van der Waals surface area contributed by atoms with Crippen LogP contribution in [0.1, 0.15) is 34.3 Å². The van der Waals surface area contributed by atoms with Crippen molar-refractivity contribution >= 4 is 37.5 Å². The van der Waals surface area contributed by atoms with Crippen LogP contribution in [0.2, 0.25) is 0 Å². The molecule has 0 unspecified atom stereocenters. The average molecular weight is 467 g/mol. The molecule has 1 heterocycles. The van der Waals surface area contributed by atoms with E-state index in [2.05, 4.69) is 20.7 Å². The molecule has 1 aliphatic heterocycles. The third-order valence-electron chi connectivity index (χ3n) is 5.04. The molecule has 0 aromatic heterocycles. The fourth-order valence-corrected chi connectivity index (χ4v) is 4.26. The van der Waals surface area contributed by atoms with Crippen molar-refractivity contribution in [1.29, 1.82) is 0 Å². The molecular weight excluding hydrogens is 444 g/mol. The van der Waals surface area contributed by atoms with Crippen LogP contribution in [0.5, 0.6) is 0 Å². The minimum Gasteiger partial charge on any atom is -0.385 e. The van der Waals surface area contributed by atoms with E-state index in [9.17, 15) is 18.3 Å². The number of carbonyl (C=O) groups is 1. The fourth-order valence-electron chi connectivity index (χ4n) is 3.38. The minimum absolute atomic E-state index is 0.172. The van der Waals surface area contributed by atoms with Crippen molar-refractivity contribution in [2.45, 2.75) is 25.4 Å². The van der Waals surface area contributed by atoms with E-state index in [1.807, 2.05) is 24.3 Å². The lowest BCUT2D eigenvalue weighted by molar-refractivity contribution is -0.0211. The second-order valence-corrected chi connectivity index (χ2v) is 9.90. The van der Waals surface area contributed by atoms with Crippen LogP contribution >= 0.6 is 15.9 Å². The molecule has 3 rings (SSSR count). The van der Waals surface area contributed by atoms with Crippen LogP contribution in [-0.2, 0) is 15.6 Å². The molecule has 150 valence electrons. The highest BCUT2D eigenvalue weighted by molar-refractivity contribution is 9.10. The van der Waals surface area contributed by atoms with Crippen molar-refractivity contribution in [2.75, 3.05) is 24.1 Å². The van der Waals surface area contributed by atoms with Crippen LogP contribution in [0.25, 0.3) is 0 Å². The van der Waals surface area contributed by atoms with Gasteiger partial charge in [0.15, 0.2) is 0 Å². The van der Waals surface area contributed by atoms with Crippen LogP contribution in [0, 0.1) is 6.92 Å². The number of benzene rings is 2. The first-order valence-corrected chi connectivity index (χ1v) is 11.6. The Labute approximate surface area is 173 Å². The Morgan fingerprint density at radius 3 is 2.32 bits per heavy atom. The molecule has 1 amide bonds. The normalized spacial score (nSPS) is 16.6. The van der Waals surface area contributed by atoms with Gasteiger partial charge in [-0.3, -0.25) is 9.52 Å². The predicted octanol–water partition coefficient (Wildman–Crippen LogP) is 3.25. The van der Waals surface area contributed by atoms with Crippen LogP contribution in [0.4, 0.5) is 5.69 Å². The number of likely N-dealkylation sites (tertiary alicyclic amines) is 1. The topological polar surface area (TPSA) is 86.7 Å². The number of hydrogen-bond donors (Lipinski definition) is 2. The summed E-state index contributed by atoms with van der Waals surface area (Å²) in [5.74, 6) is -0.172. The number of amides is 1. The highest BCUT2D eigenvalue weighted by Crippen LogP contribution is 2.34. The van der Waals surface area contributed by atoms with E-state index >= 15 is 0 Å². The van der Waals surface area contributed by atoms with Crippen LogP contribution in [-0.4, -0.2) is 43.7 Å². The number of anilines is 1. The SMILES string of the molecule is Cc1ccc(C(=O)N2CCC(O)(c3ccc(Br)cc3)CC2)cc1NS(C)(=O)=O. The maximum Gasteiger partial charge on any atom is 0.253 e. The van der Waals surface area contributed by atoms with Gasteiger partial charge in [-0.05, 0) is 55.2 Å². The van der Waals surface area contributed by atoms with E-state index in [0.29, 0.717) is 37.2 Å². The third-order valence-corrected chi connectivity index (χ3v) is 6.16. The van der Waals surface area contributed by atoms with Crippen molar-refractivity contribution in [3.05, 3.63) is 63.6 Å². The Morgan fingerprint density at radius 1 is 1.14 bits per heavy atom. The first-order chi connectivity index (χ1) is 13.1. The van der Waals surface area contributed by atoms with Gasteiger partial charge in [-0.2, -0.15) is 0 Å². The monoisotopic (exact) mass is 466 g/mol. The molecule has 0 bridgehead atoms. The number of sulfonamides is 1. The number of hydrogen-bond acceptors (Lipinski definition) is 4. The number of nitrogens with zero attached hydrogens (tertiary/aromatic N) is 1. The summed E-state index contributed by atoms with van der Waals surface area (Å²) in [6.45, 7) is 2.63. The van der Waals surface area contributed by atoms with E-state index in [0.717, 1.165) is 21.9 Å². The van der Waals surface area contributed by atoms with Gasteiger partial charge < -0.3 is 10.0 Å². The summed E-state index contributed by atoms with van der Waals surface area (Å²) in [5, 5.41) is 11.0. The molecule has 6 nitrogen and oxygen atoms in total. The molecule has 8 heteroatoms. The first kappa shape index (κ1) is 20.8. The van der Waals surface area contributed by atoms with Crippen molar-refractivity contribution < 1.29 is 18.3 Å². The third kappa shape index (κ3) is 4.74. The lowest BCUT2D eigenvalue weighted by Crippen LogP contribution is -2.45. The Morgan fingerprint density at radius 2 is 1.75 bits per heavy atom.